The molecule has 0 amide bonds. The van der Waals surface area contributed by atoms with Gasteiger partial charge in [-0.1, -0.05) is 11.6 Å². The molecule has 4 aromatic heterocycles. The number of carboxylic acids is 1. The number of H-pyrrole nitrogens is 1. The van der Waals surface area contributed by atoms with E-state index in [9.17, 15) is 9.90 Å². The zero-order valence-electron chi connectivity index (χ0n) is 17.3. The van der Waals surface area contributed by atoms with Gasteiger partial charge in [0.05, 0.1) is 24.0 Å². The molecule has 3 aliphatic rings. The third-order valence-electron chi connectivity index (χ3n) is 7.55. The van der Waals surface area contributed by atoms with E-state index in [2.05, 4.69) is 29.9 Å². The van der Waals surface area contributed by atoms with Gasteiger partial charge in [0.1, 0.15) is 28.7 Å². The minimum atomic E-state index is -1.59. The minimum Gasteiger partial charge on any atom is -0.480 e. The van der Waals surface area contributed by atoms with E-state index in [0.717, 1.165) is 6.42 Å². The zero-order valence-corrected chi connectivity index (χ0v) is 18.1. The van der Waals surface area contributed by atoms with Crippen LogP contribution in [0.4, 0.5) is 0 Å². The molecule has 5 atom stereocenters. The standard InChI is InChI=1S/C22H20ClN7O3/c23-15-9-28-18-17(30-15)12(8-27-18)16-11-1-3-21(24,13(7-11)19-26-5-6-33-19)22(16,20(31)32)14-2-4-25-10-29-14/h2,4-6,8-11,13,16H,1,3,7,24H2,(H,27,28)(H,31,32)/t11?,13?,16-,21?,22+/m0/s1. The first-order valence-electron chi connectivity index (χ1n) is 10.6. The molecular formula is C22H20ClN7O3. The van der Waals surface area contributed by atoms with Crippen LogP contribution in [0.25, 0.3) is 11.2 Å². The molecule has 168 valence electrons. The van der Waals surface area contributed by atoms with Gasteiger partial charge < -0.3 is 20.2 Å². The lowest BCUT2D eigenvalue weighted by atomic mass is 9.41. The molecule has 0 spiro atoms. The van der Waals surface area contributed by atoms with E-state index in [-0.39, 0.29) is 11.1 Å². The SMILES string of the molecule is NC12CCC(CC1c1ncco1)[C@@H](c1c[nH]c3ncc(Cl)nc13)[C@@]2(C(=O)O)c1ccncn1. The molecule has 0 aliphatic heterocycles. The summed E-state index contributed by atoms with van der Waals surface area (Å²) in [7, 11) is 0. The number of carboxylic acid groups (broad SMARTS) is 1. The first kappa shape index (κ1) is 20.3. The number of aromatic nitrogens is 6. The van der Waals surface area contributed by atoms with Gasteiger partial charge in [0, 0.05) is 29.4 Å². The van der Waals surface area contributed by atoms with Gasteiger partial charge >= 0.3 is 5.97 Å². The Kier molecular flexibility index (Phi) is 4.33. The molecule has 0 radical (unpaired) electrons. The second-order valence-electron chi connectivity index (χ2n) is 8.82. The van der Waals surface area contributed by atoms with Gasteiger partial charge in [0.2, 0.25) is 0 Å². The number of aliphatic carboxylic acids is 1. The van der Waals surface area contributed by atoms with Crippen molar-refractivity contribution in [1.82, 2.24) is 29.9 Å². The summed E-state index contributed by atoms with van der Waals surface area (Å²) in [4.78, 5) is 38.2. The summed E-state index contributed by atoms with van der Waals surface area (Å²) in [5, 5.41) is 11.2. The summed E-state index contributed by atoms with van der Waals surface area (Å²) >= 11 is 6.16. The van der Waals surface area contributed by atoms with Gasteiger partial charge in [0.15, 0.2) is 11.5 Å². The van der Waals surface area contributed by atoms with Crippen LogP contribution < -0.4 is 5.73 Å². The van der Waals surface area contributed by atoms with Crippen LogP contribution >= 0.6 is 11.6 Å². The lowest BCUT2D eigenvalue weighted by Gasteiger charge is -2.62. The normalized spacial score (nSPS) is 31.2. The lowest BCUT2D eigenvalue weighted by Crippen LogP contribution is -2.74. The first-order chi connectivity index (χ1) is 16.0. The minimum absolute atomic E-state index is 0.0434. The van der Waals surface area contributed by atoms with E-state index in [1.807, 2.05) is 0 Å². The molecule has 10 nitrogen and oxygen atoms in total. The summed E-state index contributed by atoms with van der Waals surface area (Å²) in [6.07, 6.45) is 11.0. The number of carbonyl (C=O) groups is 1. The van der Waals surface area contributed by atoms with Gasteiger partial charge in [-0.15, -0.1) is 0 Å². The van der Waals surface area contributed by atoms with Crippen LogP contribution in [-0.2, 0) is 10.2 Å². The maximum atomic E-state index is 13.4. The summed E-state index contributed by atoms with van der Waals surface area (Å²) in [5.74, 6) is -1.58. The van der Waals surface area contributed by atoms with Crippen LogP contribution in [0.2, 0.25) is 5.15 Å². The predicted octanol–water partition coefficient (Wildman–Crippen LogP) is 2.79. The second kappa shape index (κ2) is 7.06. The molecular weight excluding hydrogens is 446 g/mol. The van der Waals surface area contributed by atoms with Crippen molar-refractivity contribution in [2.45, 2.75) is 42.1 Å². The molecule has 3 unspecified atom stereocenters. The molecule has 3 aliphatic carbocycles. The van der Waals surface area contributed by atoms with E-state index in [0.29, 0.717) is 41.2 Å². The number of nitrogens with zero attached hydrogens (tertiary/aromatic N) is 5. The van der Waals surface area contributed by atoms with E-state index < -0.39 is 28.8 Å². The number of nitrogens with one attached hydrogen (secondary N) is 1. The first-order valence-corrected chi connectivity index (χ1v) is 11.0. The lowest BCUT2D eigenvalue weighted by molar-refractivity contribution is -0.157. The van der Waals surface area contributed by atoms with Crippen LogP contribution in [0.15, 0.2) is 47.9 Å². The molecule has 3 fully saturated rings. The Bertz CT molecular complexity index is 1340. The third kappa shape index (κ3) is 2.58. The highest BCUT2D eigenvalue weighted by Crippen LogP contribution is 2.66. The third-order valence-corrected chi connectivity index (χ3v) is 7.73. The Morgan fingerprint density at radius 1 is 1.30 bits per heavy atom. The van der Waals surface area contributed by atoms with Crippen LogP contribution in [0.5, 0.6) is 0 Å². The number of aromatic amines is 1. The van der Waals surface area contributed by atoms with E-state index in [4.69, 9.17) is 21.8 Å². The number of oxazole rings is 1. The quantitative estimate of drug-likeness (QED) is 0.412. The maximum absolute atomic E-state index is 13.4. The van der Waals surface area contributed by atoms with E-state index in [1.54, 1.807) is 24.7 Å². The Morgan fingerprint density at radius 3 is 2.91 bits per heavy atom. The number of nitrogens with two attached hydrogens (primary N) is 1. The van der Waals surface area contributed by atoms with Crippen LogP contribution in [0.3, 0.4) is 0 Å². The van der Waals surface area contributed by atoms with Crippen LogP contribution in [0, 0.1) is 5.92 Å². The van der Waals surface area contributed by atoms with Crippen molar-refractivity contribution in [3.63, 3.8) is 0 Å². The Hall–Kier alpha value is -3.37. The molecule has 2 bridgehead atoms. The van der Waals surface area contributed by atoms with Crippen molar-refractivity contribution in [2.75, 3.05) is 0 Å². The van der Waals surface area contributed by atoms with Crippen molar-refractivity contribution in [2.24, 2.45) is 11.7 Å². The average molecular weight is 466 g/mol. The Labute approximate surface area is 192 Å². The molecule has 0 aromatic carbocycles. The zero-order chi connectivity index (χ0) is 22.8. The molecule has 4 heterocycles. The fraction of sp³-hybridized carbons (Fsp3) is 0.364. The molecule has 33 heavy (non-hydrogen) atoms. The monoisotopic (exact) mass is 465 g/mol. The summed E-state index contributed by atoms with van der Waals surface area (Å²) < 4.78 is 5.65. The number of hydrogen-bond donors (Lipinski definition) is 3. The molecule has 11 heteroatoms. The van der Waals surface area contributed by atoms with Crippen molar-refractivity contribution in [3.8, 4) is 0 Å². The van der Waals surface area contributed by atoms with Gasteiger partial charge in [-0.25, -0.2) is 24.9 Å². The molecule has 4 N–H and O–H groups in total. The Balaban J connectivity index is 1.67. The summed E-state index contributed by atoms with van der Waals surface area (Å²) in [6.45, 7) is 0. The largest absolute Gasteiger partial charge is 0.480 e. The average Bonchev–Trinajstić information content (AvgIpc) is 3.48. The van der Waals surface area contributed by atoms with Crippen molar-refractivity contribution in [3.05, 3.63) is 65.7 Å². The highest BCUT2D eigenvalue weighted by molar-refractivity contribution is 6.29. The van der Waals surface area contributed by atoms with Crippen molar-refractivity contribution >= 4 is 28.7 Å². The van der Waals surface area contributed by atoms with E-state index in [1.165, 1.54) is 18.8 Å². The van der Waals surface area contributed by atoms with E-state index >= 15 is 0 Å². The fourth-order valence-electron chi connectivity index (χ4n) is 6.35. The Morgan fingerprint density at radius 2 is 2.18 bits per heavy atom. The number of fused-ring (bicyclic) bond motifs is 4. The number of hydrogen-bond acceptors (Lipinski definition) is 8. The highest BCUT2D eigenvalue weighted by Gasteiger charge is 2.72. The van der Waals surface area contributed by atoms with Crippen LogP contribution in [-0.4, -0.2) is 46.5 Å². The molecule has 7 rings (SSSR count). The summed E-state index contributed by atoms with van der Waals surface area (Å²) in [6, 6.07) is 1.64. The maximum Gasteiger partial charge on any atom is 0.318 e. The topological polar surface area (TPSA) is 157 Å². The molecule has 4 aromatic rings. The summed E-state index contributed by atoms with van der Waals surface area (Å²) in [5.41, 5.74) is 6.52. The smallest absolute Gasteiger partial charge is 0.318 e. The van der Waals surface area contributed by atoms with Crippen LogP contribution in [0.1, 0.15) is 48.2 Å². The van der Waals surface area contributed by atoms with Gasteiger partial charge in [-0.05, 0) is 31.2 Å². The van der Waals surface area contributed by atoms with Crippen molar-refractivity contribution < 1.29 is 14.3 Å². The number of halogens is 1. The fourth-order valence-corrected chi connectivity index (χ4v) is 6.48. The van der Waals surface area contributed by atoms with Gasteiger partial charge in [0.25, 0.3) is 0 Å². The molecule has 3 saturated carbocycles. The molecule has 0 saturated heterocycles. The predicted molar refractivity (Wildman–Crippen MR) is 116 cm³/mol. The number of rotatable bonds is 4. The second-order valence-corrected chi connectivity index (χ2v) is 9.20. The van der Waals surface area contributed by atoms with Gasteiger partial charge in [-0.3, -0.25) is 4.79 Å². The van der Waals surface area contributed by atoms with Crippen molar-refractivity contribution in [1.29, 1.82) is 0 Å². The highest BCUT2D eigenvalue weighted by atomic mass is 35.5. The van der Waals surface area contributed by atoms with Gasteiger partial charge in [-0.2, -0.15) is 0 Å².